The van der Waals surface area contributed by atoms with E-state index in [1.807, 2.05) is 63.2 Å². The van der Waals surface area contributed by atoms with E-state index < -0.39 is 0 Å². The largest absolute Gasteiger partial charge is 0.493 e. The minimum Gasteiger partial charge on any atom is -0.493 e. The number of rotatable bonds is 8. The normalized spacial score (nSPS) is 10.9. The van der Waals surface area contributed by atoms with Gasteiger partial charge in [-0.1, -0.05) is 24.3 Å². The van der Waals surface area contributed by atoms with Crippen LogP contribution in [0.15, 0.2) is 53.1 Å². The smallest absolute Gasteiger partial charge is 0.226 e. The number of aryl methyl sites for hydroxylation is 1. The average molecular weight is 379 g/mol. The van der Waals surface area contributed by atoms with Crippen LogP contribution in [-0.2, 0) is 17.6 Å². The van der Waals surface area contributed by atoms with Crippen molar-refractivity contribution in [3.8, 4) is 23.0 Å². The van der Waals surface area contributed by atoms with Gasteiger partial charge in [0.25, 0.3) is 0 Å². The molecule has 0 unspecified atom stereocenters. The third-order valence-electron chi connectivity index (χ3n) is 4.35. The Morgan fingerprint density at radius 1 is 1.11 bits per heavy atom. The van der Waals surface area contributed by atoms with Crippen LogP contribution in [-0.4, -0.2) is 24.0 Å². The quantitative estimate of drug-likeness (QED) is 0.563. The van der Waals surface area contributed by atoms with Crippen LogP contribution in [0.2, 0.25) is 0 Å². The number of nitrogens with zero attached hydrogens (tertiary/aromatic N) is 1. The Hall–Kier alpha value is -3.08. The Bertz CT molecular complexity index is 959. The highest BCUT2D eigenvalue weighted by Gasteiger charge is 2.14. The van der Waals surface area contributed by atoms with Crippen LogP contribution >= 0.6 is 0 Å². The summed E-state index contributed by atoms with van der Waals surface area (Å²) in [4.78, 5) is 16.9. The summed E-state index contributed by atoms with van der Waals surface area (Å²) in [5, 5.41) is 0. The van der Waals surface area contributed by atoms with Gasteiger partial charge in [-0.15, -0.1) is 0 Å². The van der Waals surface area contributed by atoms with E-state index in [1.54, 1.807) is 7.11 Å². The molecule has 3 aromatic rings. The number of hydrogen-bond donors (Lipinski definition) is 0. The van der Waals surface area contributed by atoms with Crippen molar-refractivity contribution in [2.75, 3.05) is 7.11 Å². The summed E-state index contributed by atoms with van der Waals surface area (Å²) < 4.78 is 16.7. The molecule has 0 saturated carbocycles. The van der Waals surface area contributed by atoms with E-state index >= 15 is 0 Å². The first-order valence-corrected chi connectivity index (χ1v) is 9.32. The summed E-state index contributed by atoms with van der Waals surface area (Å²) >= 11 is 0. The van der Waals surface area contributed by atoms with E-state index in [0.29, 0.717) is 29.5 Å². The number of benzene rings is 2. The second-order valence-electron chi connectivity index (χ2n) is 6.99. The molecule has 28 heavy (non-hydrogen) atoms. The van der Waals surface area contributed by atoms with Gasteiger partial charge in [-0.25, -0.2) is 4.98 Å². The SMILES string of the molecule is COc1ccc(-c2nc(CC(=O)Cc3ccccc3C)co2)cc1OC(C)C. The van der Waals surface area contributed by atoms with Crippen LogP contribution in [0.3, 0.4) is 0 Å². The molecule has 0 radical (unpaired) electrons. The molecule has 146 valence electrons. The molecular weight excluding hydrogens is 354 g/mol. The van der Waals surface area contributed by atoms with Gasteiger partial charge in [0, 0.05) is 12.0 Å². The Labute approximate surface area is 165 Å². The van der Waals surface area contributed by atoms with Gasteiger partial charge >= 0.3 is 0 Å². The molecule has 3 rings (SSSR count). The highest BCUT2D eigenvalue weighted by Crippen LogP contribution is 2.33. The van der Waals surface area contributed by atoms with E-state index in [-0.39, 0.29) is 18.3 Å². The molecule has 5 heteroatoms. The zero-order valence-electron chi connectivity index (χ0n) is 16.7. The minimum atomic E-state index is 0.0170. The Morgan fingerprint density at radius 2 is 1.89 bits per heavy atom. The third-order valence-corrected chi connectivity index (χ3v) is 4.35. The van der Waals surface area contributed by atoms with E-state index in [0.717, 1.165) is 16.7 Å². The summed E-state index contributed by atoms with van der Waals surface area (Å²) in [7, 11) is 1.60. The molecule has 0 spiro atoms. The van der Waals surface area contributed by atoms with Crippen LogP contribution in [0.25, 0.3) is 11.5 Å². The Morgan fingerprint density at radius 3 is 2.61 bits per heavy atom. The summed E-state index contributed by atoms with van der Waals surface area (Å²) in [6.07, 6.45) is 2.19. The van der Waals surface area contributed by atoms with Gasteiger partial charge in [0.05, 0.1) is 25.3 Å². The maximum atomic E-state index is 12.4. The molecule has 0 fully saturated rings. The molecule has 0 saturated heterocycles. The van der Waals surface area contributed by atoms with Gasteiger partial charge in [0.1, 0.15) is 12.0 Å². The van der Waals surface area contributed by atoms with Crippen LogP contribution < -0.4 is 9.47 Å². The van der Waals surface area contributed by atoms with Crippen molar-refractivity contribution < 1.29 is 18.7 Å². The maximum Gasteiger partial charge on any atom is 0.226 e. The van der Waals surface area contributed by atoms with Gasteiger partial charge < -0.3 is 13.9 Å². The molecule has 1 aromatic heterocycles. The first-order chi connectivity index (χ1) is 13.5. The number of Topliss-reactive ketones (excluding diaryl/α,β-unsaturated/α-hetero) is 1. The number of ketones is 1. The molecule has 0 N–H and O–H groups in total. The predicted molar refractivity (Wildman–Crippen MR) is 108 cm³/mol. The number of methoxy groups -OCH3 is 1. The predicted octanol–water partition coefficient (Wildman–Crippen LogP) is 4.80. The molecule has 2 aromatic carbocycles. The lowest BCUT2D eigenvalue weighted by Crippen LogP contribution is -2.08. The van der Waals surface area contributed by atoms with E-state index in [4.69, 9.17) is 13.9 Å². The molecule has 0 bridgehead atoms. The second kappa shape index (κ2) is 8.74. The van der Waals surface area contributed by atoms with Crippen molar-refractivity contribution in [2.45, 2.75) is 39.7 Å². The van der Waals surface area contributed by atoms with Gasteiger partial charge in [-0.3, -0.25) is 4.79 Å². The van der Waals surface area contributed by atoms with Gasteiger partial charge in [-0.05, 0) is 50.1 Å². The number of aromatic nitrogens is 1. The second-order valence-corrected chi connectivity index (χ2v) is 6.99. The third kappa shape index (κ3) is 4.80. The van der Waals surface area contributed by atoms with Crippen molar-refractivity contribution in [3.63, 3.8) is 0 Å². The van der Waals surface area contributed by atoms with Crippen molar-refractivity contribution in [2.24, 2.45) is 0 Å². The first kappa shape index (κ1) is 19.7. The minimum absolute atomic E-state index is 0.0170. The number of oxazole rings is 1. The highest BCUT2D eigenvalue weighted by atomic mass is 16.5. The Balaban J connectivity index is 1.73. The molecule has 0 aliphatic carbocycles. The van der Waals surface area contributed by atoms with Crippen LogP contribution in [0.1, 0.15) is 30.7 Å². The molecular formula is C23H25NO4. The van der Waals surface area contributed by atoms with E-state index in [9.17, 15) is 4.79 Å². The van der Waals surface area contributed by atoms with E-state index in [2.05, 4.69) is 4.98 Å². The topological polar surface area (TPSA) is 61.6 Å². The van der Waals surface area contributed by atoms with Crippen molar-refractivity contribution >= 4 is 5.78 Å². The highest BCUT2D eigenvalue weighted by molar-refractivity contribution is 5.83. The van der Waals surface area contributed by atoms with Crippen molar-refractivity contribution in [3.05, 3.63) is 65.5 Å². The molecule has 0 aliphatic rings. The lowest BCUT2D eigenvalue weighted by molar-refractivity contribution is -0.117. The number of carbonyl (C=O) groups is 1. The average Bonchev–Trinajstić information content (AvgIpc) is 3.11. The lowest BCUT2D eigenvalue weighted by Gasteiger charge is -2.13. The van der Waals surface area contributed by atoms with Gasteiger partial charge in [-0.2, -0.15) is 0 Å². The van der Waals surface area contributed by atoms with Crippen LogP contribution in [0, 0.1) is 6.92 Å². The fourth-order valence-corrected chi connectivity index (χ4v) is 2.96. The molecule has 0 amide bonds. The van der Waals surface area contributed by atoms with Crippen molar-refractivity contribution in [1.82, 2.24) is 4.98 Å². The first-order valence-electron chi connectivity index (χ1n) is 9.32. The molecule has 1 heterocycles. The summed E-state index contributed by atoms with van der Waals surface area (Å²) in [6.45, 7) is 5.92. The zero-order valence-corrected chi connectivity index (χ0v) is 16.7. The lowest BCUT2D eigenvalue weighted by atomic mass is 10.0. The van der Waals surface area contributed by atoms with Gasteiger partial charge in [0.15, 0.2) is 11.5 Å². The molecule has 0 aliphatic heterocycles. The van der Waals surface area contributed by atoms with Crippen LogP contribution in [0.4, 0.5) is 0 Å². The maximum absolute atomic E-state index is 12.4. The number of ether oxygens (including phenoxy) is 2. The van der Waals surface area contributed by atoms with E-state index in [1.165, 1.54) is 6.26 Å². The fourth-order valence-electron chi connectivity index (χ4n) is 2.96. The summed E-state index contributed by atoms with van der Waals surface area (Å²) in [6, 6.07) is 13.4. The molecule has 0 atom stereocenters. The summed E-state index contributed by atoms with van der Waals surface area (Å²) in [5.74, 6) is 1.84. The summed E-state index contributed by atoms with van der Waals surface area (Å²) in [5.41, 5.74) is 3.55. The fraction of sp³-hybridized carbons (Fsp3) is 0.304. The number of hydrogen-bond acceptors (Lipinski definition) is 5. The van der Waals surface area contributed by atoms with Crippen LogP contribution in [0.5, 0.6) is 11.5 Å². The van der Waals surface area contributed by atoms with Gasteiger partial charge in [0.2, 0.25) is 5.89 Å². The zero-order chi connectivity index (χ0) is 20.1. The monoisotopic (exact) mass is 379 g/mol. The molecule has 5 nitrogen and oxygen atoms in total. The standard InChI is InChI=1S/C23H25NO4/c1-15(2)28-22-12-18(9-10-21(22)26-4)23-24-19(14-27-23)13-20(25)11-17-8-6-5-7-16(17)3/h5-10,12,14-15H,11,13H2,1-4H3. The number of carbonyl (C=O) groups excluding carboxylic acids is 1. The Kier molecular flexibility index (Phi) is 6.14. The van der Waals surface area contributed by atoms with Crippen molar-refractivity contribution in [1.29, 1.82) is 0 Å².